The molecule has 31 heavy (non-hydrogen) atoms. The number of carbonyl (C=O) groups is 1. The summed E-state index contributed by atoms with van der Waals surface area (Å²) in [6.45, 7) is 6.11. The highest BCUT2D eigenvalue weighted by Crippen LogP contribution is 2.27. The van der Waals surface area contributed by atoms with E-state index in [1.165, 1.54) is 11.4 Å². The molecule has 0 atom stereocenters. The monoisotopic (exact) mass is 445 g/mol. The zero-order valence-corrected chi connectivity index (χ0v) is 19.6. The van der Waals surface area contributed by atoms with Gasteiger partial charge in [-0.1, -0.05) is 6.82 Å². The van der Waals surface area contributed by atoms with Gasteiger partial charge in [0.1, 0.15) is 18.8 Å². The van der Waals surface area contributed by atoms with Crippen LogP contribution < -0.4 is 14.8 Å². The third-order valence-electron chi connectivity index (χ3n) is 4.80. The lowest BCUT2D eigenvalue weighted by molar-refractivity contribution is -0.116. The van der Waals surface area contributed by atoms with Crippen molar-refractivity contribution in [3.05, 3.63) is 47.5 Å². The van der Waals surface area contributed by atoms with E-state index in [9.17, 15) is 13.2 Å². The summed E-state index contributed by atoms with van der Waals surface area (Å²) in [7, 11) is 1.32. The fraction of sp³-hybridized carbons (Fsp3) is 0.409. The van der Waals surface area contributed by atoms with Gasteiger partial charge in [-0.25, -0.2) is 12.7 Å². The van der Waals surface area contributed by atoms with Gasteiger partial charge in [-0.05, 0) is 67.7 Å². The molecule has 1 amide bonds. The Hall–Kier alpha value is -2.52. The van der Waals surface area contributed by atoms with Crippen LogP contribution in [0.5, 0.6) is 11.5 Å². The van der Waals surface area contributed by atoms with E-state index in [2.05, 4.69) is 5.32 Å². The Kier molecular flexibility index (Phi) is 8.94. The summed E-state index contributed by atoms with van der Waals surface area (Å²) >= 11 is 0. The second kappa shape index (κ2) is 11.2. The van der Waals surface area contributed by atoms with E-state index >= 15 is 0 Å². The van der Waals surface area contributed by atoms with Crippen LogP contribution in [0.1, 0.15) is 17.5 Å². The van der Waals surface area contributed by atoms with E-state index in [1.807, 2.05) is 14.1 Å². The Labute approximate surface area is 186 Å². The molecule has 0 saturated carbocycles. The van der Waals surface area contributed by atoms with Crippen molar-refractivity contribution in [2.45, 2.75) is 38.3 Å². The number of methoxy groups -OCH3 is 1. The average Bonchev–Trinajstić information content (AvgIpc) is 2.72. The van der Waals surface area contributed by atoms with Crippen LogP contribution in [0.3, 0.4) is 0 Å². The molecule has 0 aliphatic rings. The molecule has 0 unspecified atom stereocenters. The highest BCUT2D eigenvalue weighted by atomic mass is 32.2. The van der Waals surface area contributed by atoms with Crippen LogP contribution in [0.15, 0.2) is 41.3 Å². The van der Waals surface area contributed by atoms with Gasteiger partial charge >= 0.3 is 0 Å². The second-order valence-electron chi connectivity index (χ2n) is 7.28. The Bertz CT molecular complexity index is 970. The third kappa shape index (κ3) is 6.73. The highest BCUT2D eigenvalue weighted by Gasteiger charge is 2.25. The number of carbonyl (C=O) groups excluding carboxylic acids is 1. The molecule has 167 valence electrons. The normalized spacial score (nSPS) is 11.3. The van der Waals surface area contributed by atoms with Gasteiger partial charge in [0.15, 0.2) is 0 Å². The lowest BCUT2D eigenvalue weighted by Crippen LogP contribution is -2.31. The number of sulfonamides is 1. The van der Waals surface area contributed by atoms with Gasteiger partial charge in [0.2, 0.25) is 15.9 Å². The van der Waals surface area contributed by atoms with Gasteiger partial charge < -0.3 is 14.8 Å². The van der Waals surface area contributed by atoms with E-state index in [4.69, 9.17) is 9.47 Å². The van der Waals surface area contributed by atoms with Crippen molar-refractivity contribution in [2.24, 2.45) is 0 Å². The van der Waals surface area contributed by atoms with Crippen molar-refractivity contribution in [1.82, 2.24) is 4.31 Å². The molecule has 0 spiro atoms. The predicted molar refractivity (Wildman–Crippen MR) is 124 cm³/mol. The lowest BCUT2D eigenvalue weighted by atomic mass is 9.79. The summed E-state index contributed by atoms with van der Waals surface area (Å²) in [5.74, 6) is 1.08. The fourth-order valence-electron chi connectivity index (χ4n) is 3.12. The maximum Gasteiger partial charge on any atom is 0.243 e. The van der Waals surface area contributed by atoms with Crippen LogP contribution in [0.4, 0.5) is 5.69 Å². The summed E-state index contributed by atoms with van der Waals surface area (Å²) in [6, 6.07) is 10.5. The Balaban J connectivity index is 1.96. The number of hydrogen-bond acceptors (Lipinski definition) is 5. The topological polar surface area (TPSA) is 84.9 Å². The van der Waals surface area contributed by atoms with Crippen molar-refractivity contribution in [3.8, 4) is 11.5 Å². The van der Waals surface area contributed by atoms with Crippen molar-refractivity contribution in [1.29, 1.82) is 0 Å². The van der Waals surface area contributed by atoms with E-state index < -0.39 is 10.0 Å². The molecule has 2 rings (SSSR count). The van der Waals surface area contributed by atoms with E-state index in [0.717, 1.165) is 12.1 Å². The molecule has 0 saturated heterocycles. The molecule has 0 bridgehead atoms. The first-order valence-electron chi connectivity index (χ1n) is 10.1. The number of nitrogens with zero attached hydrogens (tertiary/aromatic N) is 1. The Morgan fingerprint density at radius 3 is 2.26 bits per heavy atom. The van der Waals surface area contributed by atoms with Crippen LogP contribution in [0.25, 0.3) is 0 Å². The lowest BCUT2D eigenvalue weighted by Gasteiger charge is -2.20. The second-order valence-corrected chi connectivity index (χ2v) is 9.27. The zero-order chi connectivity index (χ0) is 23.0. The van der Waals surface area contributed by atoms with Crippen LogP contribution >= 0.6 is 0 Å². The first-order valence-corrected chi connectivity index (χ1v) is 11.5. The van der Waals surface area contributed by atoms with Crippen molar-refractivity contribution < 1.29 is 22.7 Å². The van der Waals surface area contributed by atoms with E-state index in [1.54, 1.807) is 57.4 Å². The smallest absolute Gasteiger partial charge is 0.243 e. The summed E-state index contributed by atoms with van der Waals surface area (Å²) in [5.41, 5.74) is 1.84. The Morgan fingerprint density at radius 1 is 1.10 bits per heavy atom. The van der Waals surface area contributed by atoms with Gasteiger partial charge in [0.05, 0.1) is 18.6 Å². The number of anilines is 1. The van der Waals surface area contributed by atoms with Crippen LogP contribution in [0, 0.1) is 13.8 Å². The molecule has 0 aromatic heterocycles. The first kappa shape index (κ1) is 24.8. The molecule has 0 heterocycles. The number of amides is 1. The molecular weight excluding hydrogens is 415 g/mol. The SMILES string of the molecule is C[B]CCOc1ccc(NC(=O)CCN(C)S(=O)(=O)c2c(C)cc(OC)cc2C)cc1. The maximum absolute atomic E-state index is 13.0. The first-order chi connectivity index (χ1) is 14.7. The van der Waals surface area contributed by atoms with Gasteiger partial charge in [0, 0.05) is 25.7 Å². The molecule has 9 heteroatoms. The molecular formula is C22H30BN2O5S. The largest absolute Gasteiger partial charge is 0.497 e. The average molecular weight is 445 g/mol. The third-order valence-corrected chi connectivity index (χ3v) is 6.97. The summed E-state index contributed by atoms with van der Waals surface area (Å²) < 4.78 is 38.0. The van der Waals surface area contributed by atoms with Crippen LogP contribution in [-0.4, -0.2) is 53.2 Å². The van der Waals surface area contributed by atoms with Crippen molar-refractivity contribution in [2.75, 3.05) is 32.6 Å². The van der Waals surface area contributed by atoms with Crippen LogP contribution in [-0.2, 0) is 14.8 Å². The quantitative estimate of drug-likeness (QED) is 0.423. The molecule has 0 aliphatic heterocycles. The van der Waals surface area contributed by atoms with Gasteiger partial charge in [-0.3, -0.25) is 4.79 Å². The molecule has 1 radical (unpaired) electrons. The fourth-order valence-corrected chi connectivity index (χ4v) is 4.70. The van der Waals surface area contributed by atoms with Gasteiger partial charge in [0.25, 0.3) is 0 Å². The molecule has 7 nitrogen and oxygen atoms in total. The minimum Gasteiger partial charge on any atom is -0.497 e. The van der Waals surface area contributed by atoms with E-state index in [-0.39, 0.29) is 23.8 Å². The molecule has 1 N–H and O–H groups in total. The maximum atomic E-state index is 13.0. The zero-order valence-electron chi connectivity index (χ0n) is 18.8. The molecule has 2 aromatic rings. The number of rotatable bonds is 11. The number of benzene rings is 2. The molecule has 2 aromatic carbocycles. The van der Waals surface area contributed by atoms with E-state index in [0.29, 0.717) is 29.2 Å². The number of nitrogens with one attached hydrogen (secondary N) is 1. The van der Waals surface area contributed by atoms with Crippen molar-refractivity contribution >= 4 is 28.9 Å². The predicted octanol–water partition coefficient (Wildman–Crippen LogP) is 3.51. The number of ether oxygens (including phenoxy) is 2. The van der Waals surface area contributed by atoms with Gasteiger partial charge in [-0.2, -0.15) is 0 Å². The van der Waals surface area contributed by atoms with Crippen LogP contribution in [0.2, 0.25) is 13.1 Å². The number of aryl methyl sites for hydroxylation is 2. The minimum atomic E-state index is -3.73. The van der Waals surface area contributed by atoms with Crippen molar-refractivity contribution in [3.63, 3.8) is 0 Å². The molecule has 0 fully saturated rings. The summed E-state index contributed by atoms with van der Waals surface area (Å²) in [4.78, 5) is 12.6. The highest BCUT2D eigenvalue weighted by molar-refractivity contribution is 7.89. The van der Waals surface area contributed by atoms with Gasteiger partial charge in [-0.15, -0.1) is 0 Å². The standard InChI is InChI=1S/C22H30BN2O5S/c1-16-14-20(29-5)15-17(2)22(16)31(27,28)25(4)12-10-21(26)24-18-6-8-19(9-7-18)30-13-11-23-3/h6-9,14-15H,10-13H2,1-5H3,(H,24,26). The number of hydrogen-bond donors (Lipinski definition) is 1. The minimum absolute atomic E-state index is 0.0363. The summed E-state index contributed by atoms with van der Waals surface area (Å²) in [5, 5.41) is 2.78. The Morgan fingerprint density at radius 2 is 1.71 bits per heavy atom. The molecule has 0 aliphatic carbocycles. The summed E-state index contributed by atoms with van der Waals surface area (Å²) in [6.07, 6.45) is 0.902.